The number of carbonyl (C=O) groups excluding carboxylic acids is 1. The van der Waals surface area contributed by atoms with Crippen LogP contribution in [0.5, 0.6) is 0 Å². The van der Waals surface area contributed by atoms with Crippen LogP contribution in [0.1, 0.15) is 23.3 Å². The Morgan fingerprint density at radius 2 is 2.08 bits per heavy atom. The van der Waals surface area contributed by atoms with Crippen LogP contribution in [0.25, 0.3) is 11.3 Å². The van der Waals surface area contributed by atoms with Crippen molar-refractivity contribution in [3.63, 3.8) is 0 Å². The van der Waals surface area contributed by atoms with Crippen molar-refractivity contribution in [2.75, 3.05) is 13.1 Å². The Kier molecular flexibility index (Phi) is 4.70. The van der Waals surface area contributed by atoms with E-state index in [2.05, 4.69) is 30.6 Å². The van der Waals surface area contributed by atoms with E-state index in [0.29, 0.717) is 18.8 Å². The molecular weight excluding hydrogens is 328 g/mol. The van der Waals surface area contributed by atoms with Crippen LogP contribution in [-0.2, 0) is 17.6 Å². The molecule has 0 radical (unpaired) electrons. The number of imidazole rings is 1. The number of amides is 1. The summed E-state index contributed by atoms with van der Waals surface area (Å²) in [7, 11) is 0. The lowest BCUT2D eigenvalue weighted by Gasteiger charge is -2.22. The van der Waals surface area contributed by atoms with Crippen molar-refractivity contribution in [3.05, 3.63) is 66.1 Å². The van der Waals surface area contributed by atoms with E-state index in [1.807, 2.05) is 36.4 Å². The monoisotopic (exact) mass is 348 g/mol. The molecule has 4 rings (SSSR count). The highest BCUT2D eigenvalue weighted by Crippen LogP contribution is 2.19. The number of nitrogens with zero attached hydrogens (tertiary/aromatic N) is 3. The van der Waals surface area contributed by atoms with Gasteiger partial charge in [0, 0.05) is 43.4 Å². The van der Waals surface area contributed by atoms with Gasteiger partial charge in [-0.15, -0.1) is 0 Å². The molecule has 1 amide bonds. The van der Waals surface area contributed by atoms with Crippen molar-refractivity contribution in [1.82, 2.24) is 30.6 Å². The molecule has 7 heteroatoms. The standard InChI is InChI=1S/C19H20N6O/c26-19(18-17-15(7-10-21-18)23-12-24-17)22-11-8-16-20-9-6-14(25-16)13-4-2-1-3-5-13/h1-6,9,12,18,21H,7-8,10-11H2,(H,22,26)(H,23,24). The predicted molar refractivity (Wildman–Crippen MR) is 97.2 cm³/mol. The lowest BCUT2D eigenvalue weighted by atomic mass is 10.1. The molecule has 3 aromatic rings. The van der Waals surface area contributed by atoms with Crippen LogP contribution in [-0.4, -0.2) is 38.9 Å². The molecule has 1 atom stereocenters. The summed E-state index contributed by atoms with van der Waals surface area (Å²) in [6, 6.07) is 11.5. The molecular formula is C19H20N6O. The van der Waals surface area contributed by atoms with E-state index < -0.39 is 6.04 Å². The Bertz CT molecular complexity index is 892. The van der Waals surface area contributed by atoms with E-state index >= 15 is 0 Å². The van der Waals surface area contributed by atoms with Crippen molar-refractivity contribution in [2.45, 2.75) is 18.9 Å². The summed E-state index contributed by atoms with van der Waals surface area (Å²) in [5.74, 6) is 0.640. The highest BCUT2D eigenvalue weighted by molar-refractivity contribution is 5.83. The highest BCUT2D eigenvalue weighted by Gasteiger charge is 2.28. The molecule has 3 heterocycles. The zero-order valence-electron chi connectivity index (χ0n) is 14.3. The van der Waals surface area contributed by atoms with Gasteiger partial charge in [-0.1, -0.05) is 30.3 Å². The fourth-order valence-electron chi connectivity index (χ4n) is 3.12. The summed E-state index contributed by atoms with van der Waals surface area (Å²) in [5, 5.41) is 6.17. The number of hydrogen-bond donors (Lipinski definition) is 3. The predicted octanol–water partition coefficient (Wildman–Crippen LogP) is 1.41. The third kappa shape index (κ3) is 3.48. The van der Waals surface area contributed by atoms with Gasteiger partial charge >= 0.3 is 0 Å². The molecule has 1 unspecified atom stereocenters. The van der Waals surface area contributed by atoms with Crippen molar-refractivity contribution in [1.29, 1.82) is 0 Å². The van der Waals surface area contributed by atoms with Crippen LogP contribution in [0, 0.1) is 0 Å². The number of carbonyl (C=O) groups is 1. The minimum absolute atomic E-state index is 0.0720. The summed E-state index contributed by atoms with van der Waals surface area (Å²) >= 11 is 0. The molecule has 132 valence electrons. The maximum atomic E-state index is 12.5. The number of aromatic nitrogens is 4. The molecule has 1 aromatic carbocycles. The second-order valence-corrected chi connectivity index (χ2v) is 6.17. The lowest BCUT2D eigenvalue weighted by Crippen LogP contribution is -2.42. The molecule has 0 aliphatic carbocycles. The smallest absolute Gasteiger partial charge is 0.243 e. The van der Waals surface area contributed by atoms with E-state index in [1.54, 1.807) is 12.5 Å². The van der Waals surface area contributed by atoms with Gasteiger partial charge in [0.25, 0.3) is 0 Å². The van der Waals surface area contributed by atoms with Crippen molar-refractivity contribution >= 4 is 5.91 Å². The van der Waals surface area contributed by atoms with Gasteiger partial charge in [0.1, 0.15) is 11.9 Å². The molecule has 7 nitrogen and oxygen atoms in total. The first kappa shape index (κ1) is 16.4. The SMILES string of the molecule is O=C(NCCc1nccc(-c2ccccc2)n1)C1NCCc2[nH]cnc21. The van der Waals surface area contributed by atoms with Crippen molar-refractivity contribution in [3.8, 4) is 11.3 Å². The zero-order chi connectivity index (χ0) is 17.8. The van der Waals surface area contributed by atoms with Gasteiger partial charge in [0.15, 0.2) is 0 Å². The molecule has 2 aromatic heterocycles. The van der Waals surface area contributed by atoms with Gasteiger partial charge in [-0.25, -0.2) is 15.0 Å². The number of hydrogen-bond acceptors (Lipinski definition) is 5. The third-order valence-electron chi connectivity index (χ3n) is 4.43. The molecule has 0 fully saturated rings. The number of aromatic amines is 1. The molecule has 0 saturated heterocycles. The third-order valence-corrected chi connectivity index (χ3v) is 4.43. The number of H-pyrrole nitrogens is 1. The van der Waals surface area contributed by atoms with Crippen LogP contribution in [0.4, 0.5) is 0 Å². The van der Waals surface area contributed by atoms with Crippen LogP contribution in [0.3, 0.4) is 0 Å². The average molecular weight is 348 g/mol. The summed E-state index contributed by atoms with van der Waals surface area (Å²) in [5.41, 5.74) is 3.76. The maximum absolute atomic E-state index is 12.5. The number of rotatable bonds is 5. The average Bonchev–Trinajstić information content (AvgIpc) is 3.18. The van der Waals surface area contributed by atoms with E-state index in [0.717, 1.165) is 35.6 Å². The molecule has 1 aliphatic heterocycles. The topological polar surface area (TPSA) is 95.6 Å². The number of benzene rings is 1. The Morgan fingerprint density at radius 3 is 2.96 bits per heavy atom. The summed E-state index contributed by atoms with van der Waals surface area (Å²) in [4.78, 5) is 28.7. The van der Waals surface area contributed by atoms with Gasteiger partial charge in [0.05, 0.1) is 17.7 Å². The van der Waals surface area contributed by atoms with Crippen LogP contribution >= 0.6 is 0 Å². The van der Waals surface area contributed by atoms with Crippen molar-refractivity contribution in [2.24, 2.45) is 0 Å². The van der Waals surface area contributed by atoms with E-state index in [-0.39, 0.29) is 5.91 Å². The fraction of sp³-hybridized carbons (Fsp3) is 0.263. The van der Waals surface area contributed by atoms with Gasteiger partial charge in [0.2, 0.25) is 5.91 Å². The Labute approximate surface area is 151 Å². The first-order valence-corrected chi connectivity index (χ1v) is 8.72. The molecule has 1 aliphatic rings. The number of nitrogens with one attached hydrogen (secondary N) is 3. The van der Waals surface area contributed by atoms with Gasteiger partial charge in [-0.05, 0) is 6.07 Å². The van der Waals surface area contributed by atoms with Crippen LogP contribution in [0.2, 0.25) is 0 Å². The van der Waals surface area contributed by atoms with Gasteiger partial charge < -0.3 is 15.6 Å². The first-order valence-electron chi connectivity index (χ1n) is 8.72. The normalized spacial score (nSPS) is 16.1. The molecule has 0 spiro atoms. The van der Waals surface area contributed by atoms with E-state index in [9.17, 15) is 4.79 Å². The lowest BCUT2D eigenvalue weighted by molar-refractivity contribution is -0.123. The summed E-state index contributed by atoms with van der Waals surface area (Å²) < 4.78 is 0. The Balaban J connectivity index is 1.36. The molecule has 0 saturated carbocycles. The Morgan fingerprint density at radius 1 is 1.19 bits per heavy atom. The van der Waals surface area contributed by atoms with Gasteiger partial charge in [-0.2, -0.15) is 0 Å². The van der Waals surface area contributed by atoms with E-state index in [1.165, 1.54) is 0 Å². The highest BCUT2D eigenvalue weighted by atomic mass is 16.2. The molecule has 0 bridgehead atoms. The van der Waals surface area contributed by atoms with Crippen LogP contribution in [0.15, 0.2) is 48.9 Å². The number of fused-ring (bicyclic) bond motifs is 1. The molecule has 3 N–H and O–H groups in total. The quantitative estimate of drug-likeness (QED) is 0.648. The Hall–Kier alpha value is -3.06. The first-order chi connectivity index (χ1) is 12.8. The second kappa shape index (κ2) is 7.45. The minimum Gasteiger partial charge on any atom is -0.354 e. The van der Waals surface area contributed by atoms with Crippen LogP contribution < -0.4 is 10.6 Å². The summed E-state index contributed by atoms with van der Waals surface area (Å²) in [6.45, 7) is 1.24. The maximum Gasteiger partial charge on any atom is 0.243 e. The minimum atomic E-state index is -0.401. The van der Waals surface area contributed by atoms with Crippen molar-refractivity contribution < 1.29 is 4.79 Å². The fourth-order valence-corrected chi connectivity index (χ4v) is 3.12. The van der Waals surface area contributed by atoms with Gasteiger partial charge in [-0.3, -0.25) is 4.79 Å². The molecule has 26 heavy (non-hydrogen) atoms. The zero-order valence-corrected chi connectivity index (χ0v) is 14.3. The van der Waals surface area contributed by atoms with E-state index in [4.69, 9.17) is 0 Å². The second-order valence-electron chi connectivity index (χ2n) is 6.17. The largest absolute Gasteiger partial charge is 0.354 e. The summed E-state index contributed by atoms with van der Waals surface area (Å²) in [6.07, 6.45) is 4.83.